The molecule has 2 saturated heterocycles. The van der Waals surface area contributed by atoms with Crippen molar-refractivity contribution >= 4 is 57.6 Å². The monoisotopic (exact) mass is 594 g/mol. The Hall–Kier alpha value is -3.55. The number of nitrogens with zero attached hydrogens (tertiary/aromatic N) is 4. The highest BCUT2D eigenvalue weighted by atomic mass is 35.5. The summed E-state index contributed by atoms with van der Waals surface area (Å²) in [4.78, 5) is 39.7. The second-order valence-corrected chi connectivity index (χ2v) is 11.2. The first kappa shape index (κ1) is 28.0. The maximum absolute atomic E-state index is 13.5. The number of imide groups is 1. The van der Waals surface area contributed by atoms with E-state index >= 15 is 0 Å². The Balaban J connectivity index is 1.35. The molecule has 2 aliphatic heterocycles. The van der Waals surface area contributed by atoms with Gasteiger partial charge in [-0.1, -0.05) is 23.7 Å². The van der Waals surface area contributed by atoms with E-state index in [-0.39, 0.29) is 35.2 Å². The molecule has 0 radical (unpaired) electrons. The molecule has 210 valence electrons. The highest BCUT2D eigenvalue weighted by Gasteiger charge is 2.47. The number of halogens is 4. The minimum Gasteiger partial charge on any atom is -0.465 e. The number of amides is 3. The minimum atomic E-state index is -4.58. The summed E-state index contributed by atoms with van der Waals surface area (Å²) in [6.45, 7) is 2.95. The topological polar surface area (TPSA) is 105 Å². The van der Waals surface area contributed by atoms with Gasteiger partial charge in [0.25, 0.3) is 11.1 Å². The smallest absolute Gasteiger partial charge is 0.416 e. The van der Waals surface area contributed by atoms with Gasteiger partial charge in [0.1, 0.15) is 5.72 Å². The molecule has 2 fully saturated rings. The molecule has 3 amide bonds. The molecule has 1 N–H and O–H groups in total. The summed E-state index contributed by atoms with van der Waals surface area (Å²) in [5.41, 5.74) is -0.758. The molecule has 1 atom stereocenters. The van der Waals surface area contributed by atoms with E-state index < -0.39 is 40.7 Å². The van der Waals surface area contributed by atoms with Gasteiger partial charge in [0.2, 0.25) is 0 Å². The predicted molar refractivity (Wildman–Crippen MR) is 142 cm³/mol. The Morgan fingerprint density at radius 2 is 2.00 bits per heavy atom. The van der Waals surface area contributed by atoms with Crippen LogP contribution in [0.4, 0.5) is 22.8 Å². The zero-order valence-corrected chi connectivity index (χ0v) is 22.7. The molecule has 3 aromatic rings. The number of alkyl halides is 3. The van der Waals surface area contributed by atoms with E-state index in [0.29, 0.717) is 16.5 Å². The fourth-order valence-corrected chi connectivity index (χ4v) is 5.88. The van der Waals surface area contributed by atoms with E-state index in [0.717, 1.165) is 27.6 Å². The molecule has 0 aliphatic carbocycles. The van der Waals surface area contributed by atoms with Gasteiger partial charge in [0.15, 0.2) is 0 Å². The molecule has 0 bridgehead atoms. The van der Waals surface area contributed by atoms with Crippen molar-refractivity contribution < 1.29 is 37.4 Å². The standard InChI is InChI=1S/C26H22ClF3N4O5S/c1-25(2)34(23(36)37)18(13-39-25)12-32-22(35)21(40-24(32)38)8-14-3-6-20-16(7-14)10-31-33(20)11-15-4-5-17(27)9-19(15)26(28,29)30/h3-10,18H,11-13H2,1-2H3,(H,36,37)/t18-/m1/s1. The Labute approximate surface area is 235 Å². The van der Waals surface area contributed by atoms with Crippen LogP contribution in [0, 0.1) is 0 Å². The molecular weight excluding hydrogens is 573 g/mol. The molecule has 0 unspecified atom stereocenters. The first-order valence-electron chi connectivity index (χ1n) is 12.0. The van der Waals surface area contributed by atoms with Gasteiger partial charge in [-0.2, -0.15) is 18.3 Å². The van der Waals surface area contributed by atoms with Crippen LogP contribution in [0.1, 0.15) is 30.5 Å². The number of fused-ring (bicyclic) bond motifs is 1. The van der Waals surface area contributed by atoms with Gasteiger partial charge >= 0.3 is 12.3 Å². The summed E-state index contributed by atoms with van der Waals surface area (Å²) >= 11 is 6.52. The van der Waals surface area contributed by atoms with Crippen LogP contribution >= 0.6 is 23.4 Å². The number of ether oxygens (including phenoxy) is 1. The number of carbonyl (C=O) groups is 3. The number of hydrogen-bond donors (Lipinski definition) is 1. The molecule has 3 heterocycles. The number of carboxylic acid groups (broad SMARTS) is 1. The zero-order chi connectivity index (χ0) is 29.0. The summed E-state index contributed by atoms with van der Waals surface area (Å²) in [6.07, 6.45) is -2.75. The normalized spacial score (nSPS) is 20.4. The molecule has 40 heavy (non-hydrogen) atoms. The quantitative estimate of drug-likeness (QED) is 0.366. The summed E-state index contributed by atoms with van der Waals surface area (Å²) in [5, 5.41) is 13.9. The van der Waals surface area contributed by atoms with Gasteiger partial charge in [0, 0.05) is 10.4 Å². The van der Waals surface area contributed by atoms with Crippen LogP contribution in [0.3, 0.4) is 0 Å². The molecule has 1 aromatic heterocycles. The lowest BCUT2D eigenvalue weighted by atomic mass is 10.1. The van der Waals surface area contributed by atoms with Crippen molar-refractivity contribution in [2.75, 3.05) is 13.2 Å². The predicted octanol–water partition coefficient (Wildman–Crippen LogP) is 5.91. The van der Waals surface area contributed by atoms with Crippen LogP contribution < -0.4 is 0 Å². The average molecular weight is 595 g/mol. The van der Waals surface area contributed by atoms with E-state index in [4.69, 9.17) is 16.3 Å². The van der Waals surface area contributed by atoms with Gasteiger partial charge in [-0.15, -0.1) is 0 Å². The lowest BCUT2D eigenvalue weighted by Gasteiger charge is -2.31. The molecule has 14 heteroatoms. The van der Waals surface area contributed by atoms with Crippen molar-refractivity contribution in [3.05, 3.63) is 69.2 Å². The third-order valence-electron chi connectivity index (χ3n) is 6.71. The lowest BCUT2D eigenvalue weighted by molar-refractivity contribution is -0.138. The summed E-state index contributed by atoms with van der Waals surface area (Å²) < 4.78 is 47.5. The first-order chi connectivity index (χ1) is 18.7. The Bertz CT molecular complexity index is 1570. The second kappa shape index (κ2) is 10.1. The largest absolute Gasteiger partial charge is 0.465 e. The van der Waals surface area contributed by atoms with Crippen molar-refractivity contribution in [3.63, 3.8) is 0 Å². The van der Waals surface area contributed by atoms with Crippen molar-refractivity contribution in [3.8, 4) is 0 Å². The maximum atomic E-state index is 13.5. The highest BCUT2D eigenvalue weighted by molar-refractivity contribution is 8.18. The number of carbonyl (C=O) groups excluding carboxylic acids is 2. The highest BCUT2D eigenvalue weighted by Crippen LogP contribution is 2.36. The van der Waals surface area contributed by atoms with Crippen molar-refractivity contribution in [1.29, 1.82) is 0 Å². The van der Waals surface area contributed by atoms with E-state index in [1.165, 1.54) is 29.1 Å². The van der Waals surface area contributed by atoms with E-state index in [1.807, 2.05) is 0 Å². The van der Waals surface area contributed by atoms with E-state index in [2.05, 4.69) is 5.10 Å². The molecule has 2 aliphatic rings. The lowest BCUT2D eigenvalue weighted by Crippen LogP contribution is -2.51. The van der Waals surface area contributed by atoms with Crippen molar-refractivity contribution in [2.45, 2.75) is 38.3 Å². The van der Waals surface area contributed by atoms with Crippen LogP contribution in [0.5, 0.6) is 0 Å². The Morgan fingerprint density at radius 3 is 2.70 bits per heavy atom. The van der Waals surface area contributed by atoms with Crippen molar-refractivity contribution in [2.24, 2.45) is 0 Å². The van der Waals surface area contributed by atoms with Gasteiger partial charge in [-0.25, -0.2) is 4.79 Å². The Kier molecular flexibility index (Phi) is 7.09. The number of aromatic nitrogens is 2. The molecule has 9 nitrogen and oxygen atoms in total. The van der Waals surface area contributed by atoms with E-state index in [1.54, 1.807) is 32.0 Å². The molecule has 0 spiro atoms. The van der Waals surface area contributed by atoms with Gasteiger partial charge in [-0.05, 0) is 67.1 Å². The van der Waals surface area contributed by atoms with Gasteiger partial charge < -0.3 is 9.84 Å². The summed E-state index contributed by atoms with van der Waals surface area (Å²) in [7, 11) is 0. The minimum absolute atomic E-state index is 0.0113. The zero-order valence-electron chi connectivity index (χ0n) is 21.1. The number of rotatable bonds is 5. The van der Waals surface area contributed by atoms with Crippen LogP contribution in [-0.4, -0.2) is 66.8 Å². The Morgan fingerprint density at radius 1 is 1.25 bits per heavy atom. The maximum Gasteiger partial charge on any atom is 0.416 e. The number of thioether (sulfide) groups is 1. The van der Waals surface area contributed by atoms with Crippen LogP contribution in [0.15, 0.2) is 47.5 Å². The van der Waals surface area contributed by atoms with Crippen molar-refractivity contribution in [1.82, 2.24) is 19.6 Å². The first-order valence-corrected chi connectivity index (χ1v) is 13.2. The van der Waals surface area contributed by atoms with Crippen LogP contribution in [-0.2, 0) is 22.3 Å². The van der Waals surface area contributed by atoms with Crippen LogP contribution in [0.25, 0.3) is 17.0 Å². The molecule has 0 saturated carbocycles. The van der Waals surface area contributed by atoms with Gasteiger partial charge in [-0.3, -0.25) is 24.1 Å². The fourth-order valence-electron chi connectivity index (χ4n) is 4.86. The van der Waals surface area contributed by atoms with Crippen LogP contribution in [0.2, 0.25) is 5.02 Å². The fraction of sp³-hybridized carbons (Fsp3) is 0.308. The second-order valence-electron chi connectivity index (χ2n) is 9.78. The molecular formula is C26H22ClF3N4O5S. The van der Waals surface area contributed by atoms with Gasteiger partial charge in [0.05, 0.1) is 47.9 Å². The summed E-state index contributed by atoms with van der Waals surface area (Å²) in [6, 6.07) is 7.93. The third-order valence-corrected chi connectivity index (χ3v) is 7.85. The summed E-state index contributed by atoms with van der Waals surface area (Å²) in [5.74, 6) is -0.553. The average Bonchev–Trinajstić information content (AvgIpc) is 3.48. The third kappa shape index (κ3) is 5.28. The number of benzene rings is 2. The molecule has 5 rings (SSSR count). The molecule has 2 aromatic carbocycles. The number of hydrogen-bond acceptors (Lipinski definition) is 6. The van der Waals surface area contributed by atoms with E-state index in [9.17, 15) is 32.7 Å². The SMILES string of the molecule is CC1(C)OC[C@@H](CN2C(=O)SC(=Cc3ccc4c(cnn4Cc4ccc(Cl)cc4C(F)(F)F)c3)C2=O)N1C(=O)O.